The van der Waals surface area contributed by atoms with Crippen molar-refractivity contribution in [1.82, 2.24) is 4.90 Å². The molecule has 168 valence electrons. The lowest BCUT2D eigenvalue weighted by Gasteiger charge is -2.30. The van der Waals surface area contributed by atoms with Crippen LogP contribution >= 0.6 is 34.8 Å². The number of halogens is 3. The van der Waals surface area contributed by atoms with E-state index in [9.17, 15) is 4.79 Å². The Kier molecular flexibility index (Phi) is 6.11. The molecule has 1 aromatic heterocycles. The minimum Gasteiger partial charge on any atom is -0.476 e. The SMILES string of the molecule is Cc1c(Cc2ccccc2)c(=O)oc2c3c(c(Cl)cc12)OCN(Cc1ccc(Cl)cc1Cl)C3. The minimum absolute atomic E-state index is 0.340. The third kappa shape index (κ3) is 4.36. The molecule has 0 atom stereocenters. The van der Waals surface area contributed by atoms with Crippen LogP contribution in [-0.4, -0.2) is 11.6 Å². The summed E-state index contributed by atoms with van der Waals surface area (Å²) >= 11 is 19.0. The first kappa shape index (κ1) is 22.3. The fourth-order valence-corrected chi connectivity index (χ4v) is 5.00. The highest BCUT2D eigenvalue weighted by molar-refractivity contribution is 6.35. The van der Waals surface area contributed by atoms with Crippen LogP contribution in [-0.2, 0) is 19.5 Å². The standard InChI is InChI=1S/C26H20Cl3NO3/c1-15-19-11-23(29)25-21(13-30(14-32-25)12-17-7-8-18(27)10-22(17)28)24(19)33-26(31)20(15)9-16-5-3-2-4-6-16/h2-8,10-11H,9,12-14H2,1H3. The smallest absolute Gasteiger partial charge is 0.340 e. The first-order valence-corrected chi connectivity index (χ1v) is 11.6. The molecular weight excluding hydrogens is 481 g/mol. The highest BCUT2D eigenvalue weighted by Crippen LogP contribution is 2.40. The number of ether oxygens (including phenoxy) is 1. The molecule has 4 aromatic rings. The van der Waals surface area contributed by atoms with Gasteiger partial charge in [0.2, 0.25) is 0 Å². The van der Waals surface area contributed by atoms with E-state index in [4.69, 9.17) is 44.0 Å². The number of benzene rings is 3. The summed E-state index contributed by atoms with van der Waals surface area (Å²) in [5.41, 5.74) is 4.42. The summed E-state index contributed by atoms with van der Waals surface area (Å²) in [5.74, 6) is 0.556. The number of fused-ring (bicyclic) bond motifs is 3. The molecule has 0 aliphatic carbocycles. The van der Waals surface area contributed by atoms with Crippen LogP contribution in [0, 0.1) is 6.92 Å². The zero-order chi connectivity index (χ0) is 23.1. The Labute approximate surface area is 206 Å². The van der Waals surface area contributed by atoms with Crippen LogP contribution in [0.25, 0.3) is 11.0 Å². The second-order valence-corrected chi connectivity index (χ2v) is 9.45. The van der Waals surface area contributed by atoms with Crippen LogP contribution in [0.2, 0.25) is 15.1 Å². The van der Waals surface area contributed by atoms with Gasteiger partial charge < -0.3 is 9.15 Å². The van der Waals surface area contributed by atoms with Crippen LogP contribution in [0.3, 0.4) is 0 Å². The molecule has 1 aliphatic rings. The molecule has 7 heteroatoms. The molecule has 0 spiro atoms. The van der Waals surface area contributed by atoms with Gasteiger partial charge in [-0.1, -0.05) is 71.2 Å². The molecule has 0 N–H and O–H groups in total. The van der Waals surface area contributed by atoms with Gasteiger partial charge in [0.1, 0.15) is 18.1 Å². The van der Waals surface area contributed by atoms with E-state index in [0.29, 0.717) is 58.2 Å². The first-order chi connectivity index (χ1) is 15.9. The van der Waals surface area contributed by atoms with Gasteiger partial charge in [0.05, 0.1) is 10.6 Å². The van der Waals surface area contributed by atoms with Crippen LogP contribution in [0.4, 0.5) is 0 Å². The maximum atomic E-state index is 13.0. The minimum atomic E-state index is -0.341. The highest BCUT2D eigenvalue weighted by Gasteiger charge is 2.26. The molecule has 0 saturated carbocycles. The average Bonchev–Trinajstić information content (AvgIpc) is 2.80. The summed E-state index contributed by atoms with van der Waals surface area (Å²) in [6.45, 7) is 3.34. The van der Waals surface area contributed by atoms with Gasteiger partial charge in [-0.15, -0.1) is 0 Å². The third-order valence-corrected chi connectivity index (χ3v) is 6.85. The molecular formula is C26H20Cl3NO3. The van der Waals surface area contributed by atoms with Crippen molar-refractivity contribution in [2.75, 3.05) is 6.73 Å². The van der Waals surface area contributed by atoms with E-state index >= 15 is 0 Å². The van der Waals surface area contributed by atoms with E-state index in [1.54, 1.807) is 6.07 Å². The van der Waals surface area contributed by atoms with Crippen molar-refractivity contribution in [3.63, 3.8) is 0 Å². The molecule has 0 bridgehead atoms. The number of hydrogen-bond acceptors (Lipinski definition) is 4. The van der Waals surface area contributed by atoms with Gasteiger partial charge in [0.25, 0.3) is 0 Å². The van der Waals surface area contributed by atoms with Gasteiger partial charge >= 0.3 is 5.63 Å². The Balaban J connectivity index is 1.54. The summed E-state index contributed by atoms with van der Waals surface area (Å²) < 4.78 is 11.9. The lowest BCUT2D eigenvalue weighted by molar-refractivity contribution is 0.0891. The van der Waals surface area contributed by atoms with Crippen molar-refractivity contribution in [2.24, 2.45) is 0 Å². The number of rotatable bonds is 4. The molecule has 3 aromatic carbocycles. The fraction of sp³-hybridized carbons (Fsp3) is 0.192. The van der Waals surface area contributed by atoms with Crippen molar-refractivity contribution < 1.29 is 9.15 Å². The molecule has 5 rings (SSSR count). The number of nitrogens with zero attached hydrogens (tertiary/aromatic N) is 1. The van der Waals surface area contributed by atoms with Crippen LogP contribution < -0.4 is 10.4 Å². The summed E-state index contributed by atoms with van der Waals surface area (Å²) in [6, 6.07) is 17.1. The number of hydrogen-bond donors (Lipinski definition) is 0. The van der Waals surface area contributed by atoms with Gasteiger partial charge in [-0.25, -0.2) is 4.79 Å². The van der Waals surface area contributed by atoms with Gasteiger partial charge in [-0.3, -0.25) is 4.90 Å². The van der Waals surface area contributed by atoms with E-state index in [-0.39, 0.29) is 5.63 Å². The van der Waals surface area contributed by atoms with Crippen molar-refractivity contribution in [1.29, 1.82) is 0 Å². The monoisotopic (exact) mass is 499 g/mol. The lowest BCUT2D eigenvalue weighted by Crippen LogP contribution is -2.32. The van der Waals surface area contributed by atoms with Crippen LogP contribution in [0.15, 0.2) is 63.8 Å². The molecule has 1 aliphatic heterocycles. The Morgan fingerprint density at radius 2 is 1.79 bits per heavy atom. The first-order valence-electron chi connectivity index (χ1n) is 10.5. The van der Waals surface area contributed by atoms with Gasteiger partial charge in [0.15, 0.2) is 0 Å². The lowest BCUT2D eigenvalue weighted by atomic mass is 9.97. The summed E-state index contributed by atoms with van der Waals surface area (Å²) in [5, 5.41) is 2.51. The van der Waals surface area contributed by atoms with E-state index in [2.05, 4.69) is 4.90 Å². The van der Waals surface area contributed by atoms with E-state index in [1.807, 2.05) is 55.5 Å². The Bertz CT molecular complexity index is 1420. The third-order valence-electron chi connectivity index (χ3n) is 5.98. The summed E-state index contributed by atoms with van der Waals surface area (Å²) in [6.07, 6.45) is 0.497. The molecule has 0 unspecified atom stereocenters. The summed E-state index contributed by atoms with van der Waals surface area (Å²) in [4.78, 5) is 15.1. The van der Waals surface area contributed by atoms with E-state index in [0.717, 1.165) is 27.6 Å². The molecule has 33 heavy (non-hydrogen) atoms. The highest BCUT2D eigenvalue weighted by atomic mass is 35.5. The van der Waals surface area contributed by atoms with Crippen molar-refractivity contribution in [3.8, 4) is 5.75 Å². The Morgan fingerprint density at radius 3 is 2.55 bits per heavy atom. The van der Waals surface area contributed by atoms with E-state index in [1.165, 1.54) is 0 Å². The largest absolute Gasteiger partial charge is 0.476 e. The van der Waals surface area contributed by atoms with Crippen LogP contribution in [0.5, 0.6) is 5.75 Å². The van der Waals surface area contributed by atoms with Crippen LogP contribution in [0.1, 0.15) is 27.8 Å². The second-order valence-electron chi connectivity index (χ2n) is 8.19. The molecule has 0 fully saturated rings. The molecule has 4 nitrogen and oxygen atoms in total. The molecule has 0 saturated heterocycles. The Morgan fingerprint density at radius 1 is 1.00 bits per heavy atom. The van der Waals surface area contributed by atoms with Gasteiger partial charge in [-0.2, -0.15) is 0 Å². The zero-order valence-electron chi connectivity index (χ0n) is 17.8. The average molecular weight is 501 g/mol. The van der Waals surface area contributed by atoms with E-state index < -0.39 is 0 Å². The van der Waals surface area contributed by atoms with Crippen molar-refractivity contribution >= 4 is 45.8 Å². The number of aryl methyl sites for hydroxylation is 1. The molecule has 0 radical (unpaired) electrons. The van der Waals surface area contributed by atoms with Crippen molar-refractivity contribution in [3.05, 3.63) is 108 Å². The quantitative estimate of drug-likeness (QED) is 0.283. The maximum absolute atomic E-state index is 13.0. The Hall–Kier alpha value is -2.50. The van der Waals surface area contributed by atoms with Crippen molar-refractivity contribution in [2.45, 2.75) is 26.4 Å². The second kappa shape index (κ2) is 9.03. The normalized spacial score (nSPS) is 13.7. The summed E-state index contributed by atoms with van der Waals surface area (Å²) in [7, 11) is 0. The molecule has 0 amide bonds. The predicted octanol–water partition coefficient (Wildman–Crippen LogP) is 7.00. The van der Waals surface area contributed by atoms with Gasteiger partial charge in [-0.05, 0) is 41.8 Å². The predicted molar refractivity (Wildman–Crippen MR) is 133 cm³/mol. The maximum Gasteiger partial charge on any atom is 0.340 e. The zero-order valence-corrected chi connectivity index (χ0v) is 20.1. The fourth-order valence-electron chi connectivity index (χ4n) is 4.25. The van der Waals surface area contributed by atoms with Gasteiger partial charge in [0, 0.05) is 40.5 Å². The topological polar surface area (TPSA) is 42.7 Å². The molecule has 2 heterocycles.